The van der Waals surface area contributed by atoms with Crippen molar-refractivity contribution in [2.24, 2.45) is 5.92 Å². The summed E-state index contributed by atoms with van der Waals surface area (Å²) < 4.78 is 5.78. The number of hydrogen-bond donors (Lipinski definition) is 0. The highest BCUT2D eigenvalue weighted by Gasteiger charge is 2.03. The lowest BCUT2D eigenvalue weighted by Crippen LogP contribution is -2.08. The number of ether oxygens (including phenoxy) is 1. The van der Waals surface area contributed by atoms with Crippen LogP contribution in [0.15, 0.2) is 24.3 Å². The molecule has 78 valence electrons. The quantitative estimate of drug-likeness (QED) is 0.691. The van der Waals surface area contributed by atoms with E-state index in [9.17, 15) is 0 Å². The van der Waals surface area contributed by atoms with Crippen molar-refractivity contribution in [2.45, 2.75) is 33.6 Å². The van der Waals surface area contributed by atoms with Gasteiger partial charge in [-0.2, -0.15) is 0 Å². The number of rotatable bonds is 5. The van der Waals surface area contributed by atoms with Crippen molar-refractivity contribution in [1.82, 2.24) is 0 Å². The van der Waals surface area contributed by atoms with Crippen molar-refractivity contribution in [3.63, 3.8) is 0 Å². The molecule has 0 saturated carbocycles. The van der Waals surface area contributed by atoms with E-state index in [1.165, 1.54) is 12.0 Å². The third-order valence-electron chi connectivity index (χ3n) is 2.57. The Morgan fingerprint density at radius 1 is 1.21 bits per heavy atom. The Morgan fingerprint density at radius 3 is 2.57 bits per heavy atom. The van der Waals surface area contributed by atoms with Crippen molar-refractivity contribution in [2.75, 3.05) is 6.61 Å². The first-order valence-electron chi connectivity index (χ1n) is 5.48. The van der Waals surface area contributed by atoms with Gasteiger partial charge < -0.3 is 4.74 Å². The third kappa shape index (κ3) is 3.06. The van der Waals surface area contributed by atoms with Crippen LogP contribution in [0.2, 0.25) is 0 Å². The Labute approximate surface area is 87.1 Å². The fraction of sp³-hybridized carbons (Fsp3) is 0.538. The fourth-order valence-corrected chi connectivity index (χ4v) is 1.29. The van der Waals surface area contributed by atoms with Gasteiger partial charge in [0, 0.05) is 0 Å². The van der Waals surface area contributed by atoms with Gasteiger partial charge in [-0.05, 0) is 24.0 Å². The smallest absolute Gasteiger partial charge is 0.122 e. The summed E-state index contributed by atoms with van der Waals surface area (Å²) in [4.78, 5) is 0. The van der Waals surface area contributed by atoms with Crippen LogP contribution in [0.1, 0.15) is 32.8 Å². The van der Waals surface area contributed by atoms with Gasteiger partial charge in [-0.1, -0.05) is 45.4 Å². The summed E-state index contributed by atoms with van der Waals surface area (Å²) in [5, 5.41) is 0. The fourth-order valence-electron chi connectivity index (χ4n) is 1.29. The molecule has 0 saturated heterocycles. The van der Waals surface area contributed by atoms with Crippen LogP contribution in [0.3, 0.4) is 0 Å². The highest BCUT2D eigenvalue weighted by molar-refractivity contribution is 5.33. The van der Waals surface area contributed by atoms with Gasteiger partial charge in [-0.3, -0.25) is 0 Å². The molecule has 1 unspecified atom stereocenters. The zero-order valence-electron chi connectivity index (χ0n) is 9.42. The molecule has 1 atom stereocenters. The van der Waals surface area contributed by atoms with E-state index in [0.29, 0.717) is 5.92 Å². The molecule has 0 aliphatic rings. The zero-order chi connectivity index (χ0) is 10.4. The standard InChI is InChI=1S/C13H20O/c1-4-11(3)10-14-13-9-7-6-8-12(13)5-2/h6-9,11H,4-5,10H2,1-3H3. The van der Waals surface area contributed by atoms with Gasteiger partial charge in [-0.25, -0.2) is 0 Å². The summed E-state index contributed by atoms with van der Waals surface area (Å²) in [6.45, 7) is 7.40. The Kier molecular flexibility index (Phi) is 4.51. The summed E-state index contributed by atoms with van der Waals surface area (Å²) in [5.74, 6) is 1.69. The molecule has 1 aromatic rings. The second-order valence-corrected chi connectivity index (χ2v) is 3.79. The van der Waals surface area contributed by atoms with E-state index in [1.807, 2.05) is 6.07 Å². The second-order valence-electron chi connectivity index (χ2n) is 3.79. The molecule has 1 rings (SSSR count). The summed E-state index contributed by atoms with van der Waals surface area (Å²) in [6, 6.07) is 8.28. The van der Waals surface area contributed by atoms with Crippen LogP contribution < -0.4 is 4.74 Å². The van der Waals surface area contributed by atoms with Gasteiger partial charge >= 0.3 is 0 Å². The lowest BCUT2D eigenvalue weighted by molar-refractivity contribution is 0.254. The Hall–Kier alpha value is -0.980. The first kappa shape index (κ1) is 11.1. The van der Waals surface area contributed by atoms with Crippen LogP contribution >= 0.6 is 0 Å². The van der Waals surface area contributed by atoms with E-state index in [2.05, 4.69) is 39.0 Å². The normalized spacial score (nSPS) is 12.5. The van der Waals surface area contributed by atoms with E-state index in [-0.39, 0.29) is 0 Å². The number of para-hydroxylation sites is 1. The van der Waals surface area contributed by atoms with Gasteiger partial charge in [0.05, 0.1) is 6.61 Å². The summed E-state index contributed by atoms with van der Waals surface area (Å²) >= 11 is 0. The minimum Gasteiger partial charge on any atom is -0.493 e. The maximum Gasteiger partial charge on any atom is 0.122 e. The van der Waals surface area contributed by atoms with Crippen LogP contribution in [-0.2, 0) is 6.42 Å². The van der Waals surface area contributed by atoms with E-state index in [0.717, 1.165) is 18.8 Å². The highest BCUT2D eigenvalue weighted by Crippen LogP contribution is 2.19. The molecule has 0 N–H and O–H groups in total. The molecular weight excluding hydrogens is 172 g/mol. The third-order valence-corrected chi connectivity index (χ3v) is 2.57. The summed E-state index contributed by atoms with van der Waals surface area (Å²) in [5.41, 5.74) is 1.30. The SMILES string of the molecule is CCc1ccccc1OCC(C)CC. The van der Waals surface area contributed by atoms with Crippen molar-refractivity contribution >= 4 is 0 Å². The average Bonchev–Trinajstić information content (AvgIpc) is 2.26. The maximum absolute atomic E-state index is 5.78. The van der Waals surface area contributed by atoms with E-state index in [4.69, 9.17) is 4.74 Å². The average molecular weight is 192 g/mol. The van der Waals surface area contributed by atoms with E-state index >= 15 is 0 Å². The maximum atomic E-state index is 5.78. The lowest BCUT2D eigenvalue weighted by atomic mass is 10.1. The molecule has 0 fully saturated rings. The molecule has 0 aromatic heterocycles. The van der Waals surface area contributed by atoms with Crippen molar-refractivity contribution < 1.29 is 4.74 Å². The molecule has 1 nitrogen and oxygen atoms in total. The number of hydrogen-bond acceptors (Lipinski definition) is 1. The van der Waals surface area contributed by atoms with E-state index in [1.54, 1.807) is 0 Å². The van der Waals surface area contributed by atoms with Crippen molar-refractivity contribution in [1.29, 1.82) is 0 Å². The van der Waals surface area contributed by atoms with Gasteiger partial charge in [0.2, 0.25) is 0 Å². The molecule has 1 aromatic carbocycles. The van der Waals surface area contributed by atoms with Crippen LogP contribution in [-0.4, -0.2) is 6.61 Å². The predicted octanol–water partition coefficient (Wildman–Crippen LogP) is 3.67. The molecule has 0 aliphatic heterocycles. The molecule has 0 spiro atoms. The topological polar surface area (TPSA) is 9.23 Å². The van der Waals surface area contributed by atoms with Gasteiger partial charge in [0.25, 0.3) is 0 Å². The first-order valence-corrected chi connectivity index (χ1v) is 5.48. The van der Waals surface area contributed by atoms with Gasteiger partial charge in [-0.15, -0.1) is 0 Å². The number of aryl methyl sites for hydroxylation is 1. The molecule has 0 bridgehead atoms. The van der Waals surface area contributed by atoms with Crippen molar-refractivity contribution in [3.8, 4) is 5.75 Å². The molecule has 0 heterocycles. The summed E-state index contributed by atoms with van der Waals surface area (Å²) in [6.07, 6.45) is 2.21. The lowest BCUT2D eigenvalue weighted by Gasteiger charge is -2.13. The molecule has 0 aliphatic carbocycles. The Bertz CT molecular complexity index is 268. The second kappa shape index (κ2) is 5.69. The van der Waals surface area contributed by atoms with E-state index < -0.39 is 0 Å². The molecule has 1 heteroatoms. The van der Waals surface area contributed by atoms with Gasteiger partial charge in [0.15, 0.2) is 0 Å². The van der Waals surface area contributed by atoms with Crippen molar-refractivity contribution in [3.05, 3.63) is 29.8 Å². The zero-order valence-corrected chi connectivity index (χ0v) is 9.42. The first-order chi connectivity index (χ1) is 6.77. The minimum absolute atomic E-state index is 0.639. The number of benzene rings is 1. The highest BCUT2D eigenvalue weighted by atomic mass is 16.5. The van der Waals surface area contributed by atoms with Crippen LogP contribution in [0.25, 0.3) is 0 Å². The monoisotopic (exact) mass is 192 g/mol. The molecular formula is C13H20O. The summed E-state index contributed by atoms with van der Waals surface area (Å²) in [7, 11) is 0. The molecule has 0 amide bonds. The van der Waals surface area contributed by atoms with Crippen LogP contribution in [0.5, 0.6) is 5.75 Å². The molecule has 0 radical (unpaired) electrons. The largest absolute Gasteiger partial charge is 0.493 e. The Balaban J connectivity index is 2.57. The molecule has 14 heavy (non-hydrogen) atoms. The van der Waals surface area contributed by atoms with Crippen LogP contribution in [0.4, 0.5) is 0 Å². The van der Waals surface area contributed by atoms with Gasteiger partial charge in [0.1, 0.15) is 5.75 Å². The Morgan fingerprint density at radius 2 is 1.93 bits per heavy atom. The minimum atomic E-state index is 0.639. The predicted molar refractivity (Wildman–Crippen MR) is 60.8 cm³/mol. The van der Waals surface area contributed by atoms with Crippen LogP contribution in [0, 0.1) is 5.92 Å².